The zero-order valence-corrected chi connectivity index (χ0v) is 12.4. The van der Waals surface area contributed by atoms with E-state index in [1.807, 2.05) is 24.3 Å². The van der Waals surface area contributed by atoms with Crippen LogP contribution in [0.3, 0.4) is 0 Å². The van der Waals surface area contributed by atoms with Crippen LogP contribution in [0, 0.1) is 11.3 Å². The second kappa shape index (κ2) is 5.10. The quantitative estimate of drug-likeness (QED) is 0.868. The lowest BCUT2D eigenvalue weighted by Crippen LogP contribution is -2.22. The third kappa shape index (κ3) is 2.33. The molecule has 2 heterocycles. The Morgan fingerprint density at radius 1 is 1.22 bits per heavy atom. The van der Waals surface area contributed by atoms with E-state index >= 15 is 0 Å². The molecule has 23 heavy (non-hydrogen) atoms. The zero-order chi connectivity index (χ0) is 15.9. The first-order valence-corrected chi connectivity index (χ1v) is 7.50. The van der Waals surface area contributed by atoms with Gasteiger partial charge in [0.15, 0.2) is 11.5 Å². The minimum absolute atomic E-state index is 0.183. The summed E-state index contributed by atoms with van der Waals surface area (Å²) in [6.07, 6.45) is 3.64. The molecule has 0 saturated heterocycles. The summed E-state index contributed by atoms with van der Waals surface area (Å²) in [6, 6.07) is 11.2. The highest BCUT2D eigenvalue weighted by atomic mass is 16.7. The SMILES string of the molecule is N#Cc1ccc(CC(=O)C2(c3ccc4c(c3)OCO4)CC2)cn1. The monoisotopic (exact) mass is 306 g/mol. The van der Waals surface area contributed by atoms with E-state index in [9.17, 15) is 4.79 Å². The third-order valence-electron chi connectivity index (χ3n) is 4.51. The molecule has 0 spiro atoms. The number of carbonyl (C=O) groups is 1. The molecule has 2 aromatic rings. The summed E-state index contributed by atoms with van der Waals surface area (Å²) in [7, 11) is 0. The fourth-order valence-electron chi connectivity index (χ4n) is 3.00. The van der Waals surface area contributed by atoms with Gasteiger partial charge in [-0.15, -0.1) is 0 Å². The van der Waals surface area contributed by atoms with E-state index in [4.69, 9.17) is 14.7 Å². The number of ketones is 1. The highest BCUT2D eigenvalue weighted by molar-refractivity contribution is 5.94. The van der Waals surface area contributed by atoms with Crippen molar-refractivity contribution in [2.75, 3.05) is 6.79 Å². The third-order valence-corrected chi connectivity index (χ3v) is 4.51. The Bertz CT molecular complexity index is 817. The number of carbonyl (C=O) groups excluding carboxylic acids is 1. The number of fused-ring (bicyclic) bond motifs is 1. The average molecular weight is 306 g/mol. The van der Waals surface area contributed by atoms with Crippen LogP contribution in [0.4, 0.5) is 0 Å². The largest absolute Gasteiger partial charge is 0.454 e. The fourth-order valence-corrected chi connectivity index (χ4v) is 3.00. The van der Waals surface area contributed by atoms with E-state index in [0.29, 0.717) is 17.9 Å². The second-order valence-corrected chi connectivity index (χ2v) is 5.91. The minimum atomic E-state index is -0.408. The normalized spacial score (nSPS) is 16.7. The molecule has 0 atom stereocenters. The molecule has 5 heteroatoms. The summed E-state index contributed by atoms with van der Waals surface area (Å²) in [5.41, 5.74) is 1.78. The smallest absolute Gasteiger partial charge is 0.231 e. The Hall–Kier alpha value is -2.87. The van der Waals surface area contributed by atoms with Gasteiger partial charge in [0, 0.05) is 12.6 Å². The van der Waals surface area contributed by atoms with Gasteiger partial charge < -0.3 is 9.47 Å². The lowest BCUT2D eigenvalue weighted by Gasteiger charge is -2.15. The minimum Gasteiger partial charge on any atom is -0.454 e. The van der Waals surface area contributed by atoms with Crippen LogP contribution >= 0.6 is 0 Å². The standard InChI is InChI=1S/C18H14N2O3/c19-9-14-3-1-12(10-20-14)7-17(21)18(5-6-18)13-2-4-15-16(8-13)23-11-22-15/h1-4,8,10H,5-7,11H2. The van der Waals surface area contributed by atoms with Crippen LogP contribution in [0.1, 0.15) is 29.7 Å². The van der Waals surface area contributed by atoms with Gasteiger partial charge in [-0.25, -0.2) is 4.98 Å². The highest BCUT2D eigenvalue weighted by Crippen LogP contribution is 2.51. The number of pyridine rings is 1. The molecule has 1 fully saturated rings. The molecule has 0 bridgehead atoms. The molecule has 0 N–H and O–H groups in total. The van der Waals surface area contributed by atoms with Crippen molar-refractivity contribution >= 4 is 5.78 Å². The van der Waals surface area contributed by atoms with E-state index in [1.165, 1.54) is 0 Å². The van der Waals surface area contributed by atoms with Crippen molar-refractivity contribution in [3.8, 4) is 17.6 Å². The van der Waals surface area contributed by atoms with Crippen LogP contribution in [0.25, 0.3) is 0 Å². The van der Waals surface area contributed by atoms with Gasteiger partial charge >= 0.3 is 0 Å². The van der Waals surface area contributed by atoms with E-state index in [-0.39, 0.29) is 12.6 Å². The Labute approximate surface area is 133 Å². The number of hydrogen-bond donors (Lipinski definition) is 0. The molecular weight excluding hydrogens is 292 g/mol. The van der Waals surface area contributed by atoms with Crippen molar-refractivity contribution in [2.24, 2.45) is 0 Å². The van der Waals surface area contributed by atoms with Gasteiger partial charge in [0.25, 0.3) is 0 Å². The number of nitriles is 1. The Morgan fingerprint density at radius 3 is 2.74 bits per heavy atom. The number of Topliss-reactive ketones (excluding diaryl/α,β-unsaturated/α-hetero) is 1. The molecular formula is C18H14N2O3. The van der Waals surface area contributed by atoms with Gasteiger partial charge in [-0.05, 0) is 42.2 Å². The maximum absolute atomic E-state index is 12.8. The maximum Gasteiger partial charge on any atom is 0.231 e. The molecule has 1 saturated carbocycles. The van der Waals surface area contributed by atoms with Crippen molar-refractivity contribution in [3.05, 3.63) is 53.3 Å². The summed E-state index contributed by atoms with van der Waals surface area (Å²) in [6.45, 7) is 0.233. The molecule has 1 aliphatic heterocycles. The molecule has 5 nitrogen and oxygen atoms in total. The Morgan fingerprint density at radius 2 is 2.04 bits per heavy atom. The van der Waals surface area contributed by atoms with Crippen LogP contribution in [-0.4, -0.2) is 17.6 Å². The van der Waals surface area contributed by atoms with Gasteiger partial charge in [-0.1, -0.05) is 12.1 Å². The number of nitrogens with zero attached hydrogens (tertiary/aromatic N) is 2. The molecule has 114 valence electrons. The van der Waals surface area contributed by atoms with Crippen molar-refractivity contribution in [2.45, 2.75) is 24.7 Å². The van der Waals surface area contributed by atoms with Crippen molar-refractivity contribution in [3.63, 3.8) is 0 Å². The molecule has 2 aliphatic rings. The summed E-state index contributed by atoms with van der Waals surface area (Å²) in [4.78, 5) is 16.8. The van der Waals surface area contributed by atoms with Gasteiger partial charge in [0.2, 0.25) is 6.79 Å². The van der Waals surface area contributed by atoms with E-state index in [0.717, 1.165) is 29.7 Å². The molecule has 0 radical (unpaired) electrons. The van der Waals surface area contributed by atoms with Crippen LogP contribution in [0.2, 0.25) is 0 Å². The zero-order valence-electron chi connectivity index (χ0n) is 12.4. The van der Waals surface area contributed by atoms with Crippen LogP contribution in [0.5, 0.6) is 11.5 Å². The van der Waals surface area contributed by atoms with Crippen LogP contribution < -0.4 is 9.47 Å². The van der Waals surface area contributed by atoms with E-state index in [1.54, 1.807) is 18.3 Å². The van der Waals surface area contributed by atoms with Gasteiger partial charge in [0.1, 0.15) is 17.5 Å². The predicted molar refractivity (Wildman–Crippen MR) is 81.1 cm³/mol. The van der Waals surface area contributed by atoms with Crippen molar-refractivity contribution in [1.82, 2.24) is 4.98 Å². The number of hydrogen-bond acceptors (Lipinski definition) is 5. The van der Waals surface area contributed by atoms with Crippen LogP contribution in [0.15, 0.2) is 36.5 Å². The summed E-state index contributed by atoms with van der Waals surface area (Å²) < 4.78 is 10.7. The molecule has 1 aliphatic carbocycles. The maximum atomic E-state index is 12.8. The first-order chi connectivity index (χ1) is 11.2. The Kier molecular flexibility index (Phi) is 3.05. The van der Waals surface area contributed by atoms with Crippen molar-refractivity contribution in [1.29, 1.82) is 5.26 Å². The Balaban J connectivity index is 1.56. The second-order valence-electron chi connectivity index (χ2n) is 5.91. The fraction of sp³-hybridized carbons (Fsp3) is 0.278. The summed E-state index contributed by atoms with van der Waals surface area (Å²) in [5.74, 6) is 1.62. The number of aromatic nitrogens is 1. The first kappa shape index (κ1) is 13.8. The predicted octanol–water partition coefficient (Wildman–Crippen LogP) is 2.53. The first-order valence-electron chi connectivity index (χ1n) is 7.50. The molecule has 4 rings (SSSR count). The number of benzene rings is 1. The topological polar surface area (TPSA) is 72.2 Å². The lowest BCUT2D eigenvalue weighted by atomic mass is 9.88. The van der Waals surface area contributed by atoms with Crippen LogP contribution in [-0.2, 0) is 16.6 Å². The van der Waals surface area contributed by atoms with Gasteiger partial charge in [0.05, 0.1) is 5.41 Å². The molecule has 0 amide bonds. The van der Waals surface area contributed by atoms with Gasteiger partial charge in [-0.3, -0.25) is 4.79 Å². The molecule has 0 unspecified atom stereocenters. The molecule has 1 aromatic heterocycles. The summed E-state index contributed by atoms with van der Waals surface area (Å²) in [5, 5.41) is 8.77. The highest BCUT2D eigenvalue weighted by Gasteiger charge is 2.50. The number of ether oxygens (including phenoxy) is 2. The van der Waals surface area contributed by atoms with Crippen molar-refractivity contribution < 1.29 is 14.3 Å². The van der Waals surface area contributed by atoms with E-state index < -0.39 is 5.41 Å². The van der Waals surface area contributed by atoms with E-state index in [2.05, 4.69) is 4.98 Å². The average Bonchev–Trinajstić information content (AvgIpc) is 3.27. The van der Waals surface area contributed by atoms with Gasteiger partial charge in [-0.2, -0.15) is 5.26 Å². The number of rotatable bonds is 4. The summed E-state index contributed by atoms with van der Waals surface area (Å²) >= 11 is 0. The molecule has 1 aromatic carbocycles. The lowest BCUT2D eigenvalue weighted by molar-refractivity contribution is -0.120.